The first-order valence-corrected chi connectivity index (χ1v) is 11.1. The van der Waals surface area contributed by atoms with Crippen LogP contribution in [0.25, 0.3) is 6.08 Å². The molecule has 1 aliphatic heterocycles. The van der Waals surface area contributed by atoms with E-state index in [9.17, 15) is 14.7 Å². The number of carboxylic acids is 1. The maximum Gasteiger partial charge on any atom is 0.327 e. The van der Waals surface area contributed by atoms with Gasteiger partial charge in [0, 0.05) is 6.42 Å². The normalized spacial score (nSPS) is 15.8. The number of benzene rings is 3. The third-order valence-electron chi connectivity index (χ3n) is 4.85. The number of carboxylic acid groups (broad SMARTS) is 1. The zero-order chi connectivity index (χ0) is 22.5. The van der Waals surface area contributed by atoms with E-state index in [1.165, 1.54) is 4.90 Å². The molecule has 1 heterocycles. The monoisotopic (exact) mass is 461 g/mol. The first-order valence-electron chi connectivity index (χ1n) is 9.88. The number of para-hydroxylation sites is 1. The quantitative estimate of drug-likeness (QED) is 0.377. The highest BCUT2D eigenvalue weighted by Crippen LogP contribution is 2.35. The highest BCUT2D eigenvalue weighted by molar-refractivity contribution is 8.26. The molecule has 3 aromatic rings. The lowest BCUT2D eigenvalue weighted by Crippen LogP contribution is -2.45. The number of thioether (sulfide) groups is 1. The summed E-state index contributed by atoms with van der Waals surface area (Å²) < 4.78 is 6.03. The molecule has 1 fully saturated rings. The van der Waals surface area contributed by atoms with E-state index in [-0.39, 0.29) is 10.7 Å². The molecule has 0 aromatic heterocycles. The van der Waals surface area contributed by atoms with E-state index >= 15 is 0 Å². The van der Waals surface area contributed by atoms with Crippen LogP contribution in [0, 0.1) is 0 Å². The van der Waals surface area contributed by atoms with Crippen LogP contribution in [0.3, 0.4) is 0 Å². The lowest BCUT2D eigenvalue weighted by molar-refractivity contribution is -0.145. The Morgan fingerprint density at radius 2 is 1.56 bits per heavy atom. The van der Waals surface area contributed by atoms with Crippen LogP contribution >= 0.6 is 24.0 Å². The molecule has 32 heavy (non-hydrogen) atoms. The lowest BCUT2D eigenvalue weighted by atomic mass is 10.0. The van der Waals surface area contributed by atoms with Gasteiger partial charge in [-0.2, -0.15) is 0 Å². The number of hydrogen-bond donors (Lipinski definition) is 1. The van der Waals surface area contributed by atoms with Gasteiger partial charge in [0.2, 0.25) is 0 Å². The Hall–Kier alpha value is -3.42. The van der Waals surface area contributed by atoms with E-state index in [0.29, 0.717) is 10.7 Å². The van der Waals surface area contributed by atoms with Crippen LogP contribution in [-0.2, 0) is 16.0 Å². The molecule has 4 rings (SSSR count). The standard InChI is InChI=1S/C25H19NO4S2/c27-23-22(16-18-11-13-20(14-12-18)30-19-9-5-2-6-10-19)32-25(31)26(23)21(24(28)29)15-17-7-3-1-4-8-17/h1-14,16,21H,15H2,(H,28,29)/b22-16-/t21-/m0/s1. The van der Waals surface area contributed by atoms with E-state index in [1.807, 2.05) is 84.9 Å². The fraction of sp³-hybridized carbons (Fsp3) is 0.0800. The molecule has 3 aromatic carbocycles. The van der Waals surface area contributed by atoms with Crippen molar-refractivity contribution in [3.63, 3.8) is 0 Å². The number of carbonyl (C=O) groups is 2. The summed E-state index contributed by atoms with van der Waals surface area (Å²) in [4.78, 5) is 26.6. The predicted octanol–water partition coefficient (Wildman–Crippen LogP) is 5.38. The maximum absolute atomic E-state index is 13.0. The van der Waals surface area contributed by atoms with Gasteiger partial charge in [-0.1, -0.05) is 84.6 Å². The average molecular weight is 462 g/mol. The van der Waals surface area contributed by atoms with Crippen molar-refractivity contribution in [2.75, 3.05) is 0 Å². The van der Waals surface area contributed by atoms with Gasteiger partial charge < -0.3 is 9.84 Å². The van der Waals surface area contributed by atoms with Crippen LogP contribution in [0.1, 0.15) is 11.1 Å². The Morgan fingerprint density at radius 1 is 0.969 bits per heavy atom. The number of carbonyl (C=O) groups excluding carboxylic acids is 1. The predicted molar refractivity (Wildman–Crippen MR) is 130 cm³/mol. The van der Waals surface area contributed by atoms with Crippen LogP contribution in [0.5, 0.6) is 11.5 Å². The van der Waals surface area contributed by atoms with Gasteiger partial charge in [-0.15, -0.1) is 0 Å². The molecular weight excluding hydrogens is 442 g/mol. The van der Waals surface area contributed by atoms with Crippen LogP contribution in [-0.4, -0.2) is 32.2 Å². The topological polar surface area (TPSA) is 66.8 Å². The third-order valence-corrected chi connectivity index (χ3v) is 6.18. The zero-order valence-corrected chi connectivity index (χ0v) is 18.5. The van der Waals surface area contributed by atoms with Crippen molar-refractivity contribution in [1.82, 2.24) is 4.90 Å². The van der Waals surface area contributed by atoms with Gasteiger partial charge in [-0.05, 0) is 41.5 Å². The number of nitrogens with zero attached hydrogens (tertiary/aromatic N) is 1. The minimum atomic E-state index is -1.09. The Bertz CT molecular complexity index is 1160. The fourth-order valence-corrected chi connectivity index (χ4v) is 4.64. The SMILES string of the molecule is O=C(O)[C@H](Cc1ccccc1)N1C(=O)/C(=C/c2ccc(Oc3ccccc3)cc2)SC1=S. The minimum absolute atomic E-state index is 0.182. The maximum atomic E-state index is 13.0. The zero-order valence-electron chi connectivity index (χ0n) is 16.9. The number of hydrogen-bond acceptors (Lipinski definition) is 5. The van der Waals surface area contributed by atoms with E-state index in [2.05, 4.69) is 0 Å². The molecule has 0 saturated carbocycles. The summed E-state index contributed by atoms with van der Waals surface area (Å²) in [5.41, 5.74) is 1.62. The summed E-state index contributed by atoms with van der Waals surface area (Å²) in [5, 5.41) is 9.76. The summed E-state index contributed by atoms with van der Waals surface area (Å²) in [6, 6.07) is 24.9. The molecule has 1 N–H and O–H groups in total. The van der Waals surface area contributed by atoms with E-state index in [4.69, 9.17) is 17.0 Å². The van der Waals surface area contributed by atoms with Crippen molar-refractivity contribution in [1.29, 1.82) is 0 Å². The molecule has 0 aliphatic carbocycles. The number of rotatable bonds is 7. The van der Waals surface area contributed by atoms with E-state index in [1.54, 1.807) is 6.08 Å². The van der Waals surface area contributed by atoms with Crippen molar-refractivity contribution >= 4 is 46.3 Å². The second kappa shape index (κ2) is 9.80. The highest BCUT2D eigenvalue weighted by atomic mass is 32.2. The summed E-state index contributed by atoms with van der Waals surface area (Å²) in [6.07, 6.45) is 1.90. The highest BCUT2D eigenvalue weighted by Gasteiger charge is 2.40. The van der Waals surface area contributed by atoms with E-state index < -0.39 is 17.9 Å². The van der Waals surface area contributed by atoms with Gasteiger partial charge >= 0.3 is 5.97 Å². The molecule has 1 atom stereocenters. The summed E-state index contributed by atoms with van der Waals surface area (Å²) in [6.45, 7) is 0. The first-order chi connectivity index (χ1) is 15.5. The van der Waals surface area contributed by atoms with Crippen LogP contribution in [0.15, 0.2) is 89.8 Å². The van der Waals surface area contributed by atoms with Crippen LogP contribution in [0.4, 0.5) is 0 Å². The van der Waals surface area contributed by atoms with Crippen LogP contribution < -0.4 is 4.74 Å². The van der Waals surface area contributed by atoms with Crippen molar-refractivity contribution in [2.24, 2.45) is 0 Å². The largest absolute Gasteiger partial charge is 0.480 e. The Balaban J connectivity index is 1.50. The molecular formula is C25H19NO4S2. The van der Waals surface area contributed by atoms with Gasteiger partial charge in [-0.25, -0.2) is 4.79 Å². The first kappa shape index (κ1) is 21.8. The number of aliphatic carboxylic acids is 1. The van der Waals surface area contributed by atoms with Crippen molar-refractivity contribution < 1.29 is 19.4 Å². The van der Waals surface area contributed by atoms with Crippen molar-refractivity contribution in [3.05, 3.63) is 101 Å². The summed E-state index contributed by atoms with van der Waals surface area (Å²) in [5.74, 6) is -0.0734. The van der Waals surface area contributed by atoms with Gasteiger partial charge in [0.15, 0.2) is 0 Å². The molecule has 0 spiro atoms. The van der Waals surface area contributed by atoms with E-state index in [0.717, 1.165) is 28.6 Å². The smallest absolute Gasteiger partial charge is 0.327 e. The van der Waals surface area contributed by atoms with Crippen LogP contribution in [0.2, 0.25) is 0 Å². The molecule has 0 bridgehead atoms. The molecule has 0 unspecified atom stereocenters. The lowest BCUT2D eigenvalue weighted by Gasteiger charge is -2.23. The molecule has 7 heteroatoms. The van der Waals surface area contributed by atoms with Gasteiger partial charge in [-0.3, -0.25) is 9.69 Å². The fourth-order valence-electron chi connectivity index (χ4n) is 3.28. The second-order valence-corrected chi connectivity index (χ2v) is 8.76. The average Bonchev–Trinajstić information content (AvgIpc) is 3.07. The minimum Gasteiger partial charge on any atom is -0.480 e. The molecule has 1 amide bonds. The third kappa shape index (κ3) is 5.07. The Kier molecular flexibility index (Phi) is 6.68. The molecule has 0 radical (unpaired) electrons. The van der Waals surface area contributed by atoms with Crippen molar-refractivity contribution in [2.45, 2.75) is 12.5 Å². The Morgan fingerprint density at radius 3 is 2.19 bits per heavy atom. The molecule has 1 saturated heterocycles. The molecule has 5 nitrogen and oxygen atoms in total. The molecule has 1 aliphatic rings. The second-order valence-electron chi connectivity index (χ2n) is 7.08. The van der Waals surface area contributed by atoms with Crippen molar-refractivity contribution in [3.8, 4) is 11.5 Å². The Labute approximate surface area is 195 Å². The number of amides is 1. The van der Waals surface area contributed by atoms with Gasteiger partial charge in [0.05, 0.1) is 4.91 Å². The number of ether oxygens (including phenoxy) is 1. The summed E-state index contributed by atoms with van der Waals surface area (Å²) >= 11 is 6.47. The summed E-state index contributed by atoms with van der Waals surface area (Å²) in [7, 11) is 0. The molecule has 160 valence electrons. The number of thiocarbonyl (C=S) groups is 1. The van der Waals surface area contributed by atoms with Gasteiger partial charge in [0.25, 0.3) is 5.91 Å². The van der Waals surface area contributed by atoms with Gasteiger partial charge in [0.1, 0.15) is 21.9 Å².